The molecule has 1 aliphatic heterocycles. The third-order valence-electron chi connectivity index (χ3n) is 2.50. The smallest absolute Gasteiger partial charge is 0.172 e. The maximum atomic E-state index is 10.8. The van der Waals surface area contributed by atoms with E-state index in [1.54, 1.807) is 26.0 Å². The van der Waals surface area contributed by atoms with E-state index in [-0.39, 0.29) is 0 Å². The second-order valence-corrected chi connectivity index (χ2v) is 4.23. The highest BCUT2D eigenvalue weighted by Gasteiger charge is 2.27. The van der Waals surface area contributed by atoms with Crippen molar-refractivity contribution in [2.75, 3.05) is 13.2 Å². The third kappa shape index (κ3) is 1.76. The fraction of sp³-hybridized carbons (Fsp3) is 0.417. The molecule has 16 heavy (non-hydrogen) atoms. The Balaban J connectivity index is 2.61. The van der Waals surface area contributed by atoms with Gasteiger partial charge in [0.1, 0.15) is 13.2 Å². The lowest BCUT2D eigenvalue weighted by Gasteiger charge is -2.27. The summed E-state index contributed by atoms with van der Waals surface area (Å²) in [6, 6.07) is 3.32. The Labute approximate surface area is 93.8 Å². The quantitative estimate of drug-likeness (QED) is 0.770. The molecular weight excluding hydrogens is 208 g/mol. The number of carbonyl (C=O) groups is 1. The Hall–Kier alpha value is -1.55. The number of rotatable bonds is 2. The molecule has 0 radical (unpaired) electrons. The van der Waals surface area contributed by atoms with E-state index in [2.05, 4.69) is 0 Å². The highest BCUT2D eigenvalue weighted by molar-refractivity contribution is 5.82. The van der Waals surface area contributed by atoms with E-state index in [1.807, 2.05) is 0 Å². The molecule has 86 valence electrons. The zero-order valence-electron chi connectivity index (χ0n) is 9.32. The van der Waals surface area contributed by atoms with Crippen molar-refractivity contribution in [2.45, 2.75) is 19.4 Å². The molecule has 0 aromatic heterocycles. The van der Waals surface area contributed by atoms with Crippen LogP contribution in [0, 0.1) is 0 Å². The van der Waals surface area contributed by atoms with Crippen molar-refractivity contribution in [2.24, 2.45) is 0 Å². The molecule has 1 aliphatic rings. The molecule has 4 heteroatoms. The lowest BCUT2D eigenvalue weighted by molar-refractivity contribution is 0.0700. The van der Waals surface area contributed by atoms with Crippen LogP contribution in [0.4, 0.5) is 0 Å². The number of carbonyl (C=O) groups excluding carboxylic acids is 1. The molecule has 0 saturated heterocycles. The van der Waals surface area contributed by atoms with Crippen LogP contribution in [0.15, 0.2) is 12.1 Å². The summed E-state index contributed by atoms with van der Waals surface area (Å²) in [6.45, 7) is 4.18. The van der Waals surface area contributed by atoms with Crippen molar-refractivity contribution in [3.8, 4) is 11.5 Å². The Bertz CT molecular complexity index is 418. The van der Waals surface area contributed by atoms with E-state index in [9.17, 15) is 9.90 Å². The van der Waals surface area contributed by atoms with Gasteiger partial charge in [-0.1, -0.05) is 6.07 Å². The van der Waals surface area contributed by atoms with E-state index in [0.29, 0.717) is 35.8 Å². The van der Waals surface area contributed by atoms with Crippen molar-refractivity contribution in [1.82, 2.24) is 0 Å². The van der Waals surface area contributed by atoms with Crippen LogP contribution in [0.25, 0.3) is 0 Å². The molecule has 0 saturated carbocycles. The largest absolute Gasteiger partial charge is 0.486 e. The number of hydrogen-bond donors (Lipinski definition) is 1. The Morgan fingerprint density at radius 1 is 1.25 bits per heavy atom. The highest BCUT2D eigenvalue weighted by Crippen LogP contribution is 2.41. The van der Waals surface area contributed by atoms with Gasteiger partial charge in [-0.05, 0) is 19.9 Å². The maximum Gasteiger partial charge on any atom is 0.172 e. The summed E-state index contributed by atoms with van der Waals surface area (Å²) in [6.07, 6.45) is 0.724. The normalized spacial score (nSPS) is 14.7. The predicted molar refractivity (Wildman–Crippen MR) is 58.1 cm³/mol. The molecule has 0 unspecified atom stereocenters. The number of fused-ring (bicyclic) bond motifs is 1. The van der Waals surface area contributed by atoms with Crippen LogP contribution >= 0.6 is 0 Å². The van der Waals surface area contributed by atoms with Crippen LogP contribution in [-0.4, -0.2) is 24.6 Å². The van der Waals surface area contributed by atoms with Gasteiger partial charge in [0, 0.05) is 5.56 Å². The summed E-state index contributed by atoms with van der Waals surface area (Å²) in [5.41, 5.74) is 0.0575. The lowest BCUT2D eigenvalue weighted by Crippen LogP contribution is -2.23. The van der Waals surface area contributed by atoms with Gasteiger partial charge >= 0.3 is 0 Å². The molecule has 0 fully saturated rings. The van der Waals surface area contributed by atoms with Crippen molar-refractivity contribution < 1.29 is 19.4 Å². The van der Waals surface area contributed by atoms with E-state index in [4.69, 9.17) is 9.47 Å². The average Bonchev–Trinajstić information content (AvgIpc) is 2.26. The molecule has 1 aromatic carbocycles. The number of aldehydes is 1. The lowest BCUT2D eigenvalue weighted by atomic mass is 9.95. The fourth-order valence-electron chi connectivity index (χ4n) is 1.73. The third-order valence-corrected chi connectivity index (χ3v) is 2.50. The molecule has 0 bridgehead atoms. The topological polar surface area (TPSA) is 55.8 Å². The van der Waals surface area contributed by atoms with Crippen molar-refractivity contribution in [3.05, 3.63) is 23.3 Å². The molecule has 0 aliphatic carbocycles. The summed E-state index contributed by atoms with van der Waals surface area (Å²) in [7, 11) is 0. The van der Waals surface area contributed by atoms with Gasteiger partial charge in [-0.3, -0.25) is 4.79 Å². The van der Waals surface area contributed by atoms with Crippen LogP contribution in [0.2, 0.25) is 0 Å². The molecule has 2 rings (SSSR count). The highest BCUT2D eigenvalue weighted by atomic mass is 16.6. The minimum absolute atomic E-state index is 0.420. The standard InChI is InChI=1S/C12H14O4/c1-12(2,14)9-4-3-8(7-13)10-11(9)16-6-5-15-10/h3-4,7,14H,5-6H2,1-2H3. The van der Waals surface area contributed by atoms with Gasteiger partial charge in [-0.2, -0.15) is 0 Å². The molecule has 0 spiro atoms. The average molecular weight is 222 g/mol. The van der Waals surface area contributed by atoms with Crippen molar-refractivity contribution >= 4 is 6.29 Å². The SMILES string of the molecule is CC(C)(O)c1ccc(C=O)c2c1OCCO2. The Morgan fingerprint density at radius 3 is 2.44 bits per heavy atom. The summed E-state index contributed by atoms with van der Waals surface area (Å²) < 4.78 is 10.9. The monoisotopic (exact) mass is 222 g/mol. The van der Waals surface area contributed by atoms with E-state index in [0.717, 1.165) is 6.29 Å². The van der Waals surface area contributed by atoms with Gasteiger partial charge in [-0.15, -0.1) is 0 Å². The molecule has 4 nitrogen and oxygen atoms in total. The van der Waals surface area contributed by atoms with Crippen LogP contribution in [0.5, 0.6) is 11.5 Å². The fourth-order valence-corrected chi connectivity index (χ4v) is 1.73. The first kappa shape index (κ1) is 11.0. The van der Waals surface area contributed by atoms with Crippen LogP contribution < -0.4 is 9.47 Å². The van der Waals surface area contributed by atoms with Gasteiger partial charge in [-0.25, -0.2) is 0 Å². The minimum Gasteiger partial charge on any atom is -0.486 e. The van der Waals surface area contributed by atoms with E-state index >= 15 is 0 Å². The van der Waals surface area contributed by atoms with Crippen molar-refractivity contribution in [3.63, 3.8) is 0 Å². The van der Waals surface area contributed by atoms with Crippen LogP contribution in [0.3, 0.4) is 0 Å². The van der Waals surface area contributed by atoms with E-state index in [1.165, 1.54) is 0 Å². The summed E-state index contributed by atoms with van der Waals surface area (Å²) in [5.74, 6) is 0.907. The zero-order valence-corrected chi connectivity index (χ0v) is 9.32. The van der Waals surface area contributed by atoms with Gasteiger partial charge in [0.05, 0.1) is 11.2 Å². The second-order valence-electron chi connectivity index (χ2n) is 4.23. The summed E-state index contributed by atoms with van der Waals surface area (Å²) in [5, 5.41) is 9.98. The van der Waals surface area contributed by atoms with Crippen LogP contribution in [-0.2, 0) is 5.60 Å². The molecule has 1 aromatic rings. The molecule has 1 heterocycles. The van der Waals surface area contributed by atoms with Gasteiger partial charge in [0.15, 0.2) is 17.8 Å². The van der Waals surface area contributed by atoms with E-state index < -0.39 is 5.60 Å². The summed E-state index contributed by atoms with van der Waals surface area (Å²) in [4.78, 5) is 10.8. The Kier molecular flexibility index (Phi) is 2.59. The number of aliphatic hydroxyl groups is 1. The molecule has 0 atom stereocenters. The molecular formula is C12H14O4. The first-order chi connectivity index (χ1) is 7.54. The number of benzene rings is 1. The first-order valence-corrected chi connectivity index (χ1v) is 5.14. The predicted octanol–water partition coefficient (Wildman–Crippen LogP) is 1.50. The maximum absolute atomic E-state index is 10.8. The zero-order chi connectivity index (χ0) is 11.8. The van der Waals surface area contributed by atoms with Gasteiger partial charge in [0.25, 0.3) is 0 Å². The van der Waals surface area contributed by atoms with Crippen molar-refractivity contribution in [1.29, 1.82) is 0 Å². The molecule has 0 amide bonds. The second kappa shape index (κ2) is 3.79. The first-order valence-electron chi connectivity index (χ1n) is 5.14. The summed E-state index contributed by atoms with van der Waals surface area (Å²) >= 11 is 0. The number of ether oxygens (including phenoxy) is 2. The van der Waals surface area contributed by atoms with Gasteiger partial charge < -0.3 is 14.6 Å². The van der Waals surface area contributed by atoms with Crippen LogP contribution in [0.1, 0.15) is 29.8 Å². The Morgan fingerprint density at radius 2 is 1.88 bits per heavy atom. The minimum atomic E-state index is -1.02. The number of hydrogen-bond acceptors (Lipinski definition) is 4. The molecule has 1 N–H and O–H groups in total. The van der Waals surface area contributed by atoms with Gasteiger partial charge in [0.2, 0.25) is 0 Å².